The van der Waals surface area contributed by atoms with Gasteiger partial charge in [0.25, 0.3) is 0 Å². The van der Waals surface area contributed by atoms with Gasteiger partial charge in [0.15, 0.2) is 0 Å². The minimum absolute atomic E-state index is 0.256. The average molecular weight is 205 g/mol. The van der Waals surface area contributed by atoms with E-state index in [0.717, 1.165) is 5.56 Å². The van der Waals surface area contributed by atoms with Crippen molar-refractivity contribution in [3.63, 3.8) is 0 Å². The minimum atomic E-state index is -1.01. The van der Waals surface area contributed by atoms with E-state index in [2.05, 4.69) is 6.58 Å². The quantitative estimate of drug-likeness (QED) is 0.739. The topological polar surface area (TPSA) is 43.1 Å². The molecule has 0 heterocycles. The van der Waals surface area contributed by atoms with E-state index in [1.54, 1.807) is 12.1 Å². The third kappa shape index (κ3) is 1.54. The van der Waals surface area contributed by atoms with Gasteiger partial charge >= 0.3 is 0 Å². The predicted octanol–water partition coefficient (Wildman–Crippen LogP) is 2.23. The second kappa shape index (κ2) is 3.50. The smallest absolute Gasteiger partial charge is 0.244 e. The zero-order chi connectivity index (χ0) is 11.0. The van der Waals surface area contributed by atoms with Crippen molar-refractivity contribution in [1.29, 1.82) is 0 Å². The number of carbonyl (C=O) groups is 1. The number of fused-ring (bicyclic) bond motifs is 1. The molecule has 2 nitrogen and oxygen atoms in total. The third-order valence-corrected chi connectivity index (χ3v) is 2.89. The molecule has 1 aromatic carbocycles. The van der Waals surface area contributed by atoms with Crippen LogP contribution in [0, 0.1) is 0 Å². The molecular formula is C12H12FNO. The van der Waals surface area contributed by atoms with E-state index in [1.165, 1.54) is 0 Å². The highest BCUT2D eigenvalue weighted by Crippen LogP contribution is 2.45. The van der Waals surface area contributed by atoms with Crippen molar-refractivity contribution >= 4 is 5.91 Å². The van der Waals surface area contributed by atoms with Crippen molar-refractivity contribution in [2.75, 3.05) is 0 Å². The molecule has 0 aliphatic heterocycles. The van der Waals surface area contributed by atoms with Gasteiger partial charge in [0.05, 0.1) is 0 Å². The molecule has 2 N–H and O–H groups in total. The highest BCUT2D eigenvalue weighted by atomic mass is 19.1. The van der Waals surface area contributed by atoms with Crippen LogP contribution >= 0.6 is 0 Å². The van der Waals surface area contributed by atoms with Crippen LogP contribution in [0.1, 0.15) is 29.6 Å². The molecule has 3 heteroatoms. The predicted molar refractivity (Wildman–Crippen MR) is 56.0 cm³/mol. The lowest BCUT2D eigenvalue weighted by molar-refractivity contribution is -0.114. The molecule has 1 aliphatic carbocycles. The molecule has 0 spiro atoms. The van der Waals surface area contributed by atoms with Gasteiger partial charge in [-0.2, -0.15) is 0 Å². The van der Waals surface area contributed by atoms with Gasteiger partial charge in [-0.05, 0) is 17.5 Å². The van der Waals surface area contributed by atoms with Crippen molar-refractivity contribution in [2.45, 2.75) is 18.5 Å². The van der Waals surface area contributed by atoms with Crippen molar-refractivity contribution in [1.82, 2.24) is 0 Å². The summed E-state index contributed by atoms with van der Waals surface area (Å²) in [6, 6.07) is 7.20. The number of rotatable bonds is 2. The fourth-order valence-electron chi connectivity index (χ4n) is 2.08. The van der Waals surface area contributed by atoms with Crippen LogP contribution in [0.15, 0.2) is 36.4 Å². The van der Waals surface area contributed by atoms with Gasteiger partial charge in [0, 0.05) is 11.5 Å². The number of hydrogen-bond donors (Lipinski definition) is 1. The Hall–Kier alpha value is -1.64. The zero-order valence-electron chi connectivity index (χ0n) is 8.24. The van der Waals surface area contributed by atoms with Crippen molar-refractivity contribution < 1.29 is 9.18 Å². The lowest BCUT2D eigenvalue weighted by Gasteiger charge is -2.10. The first kappa shape index (κ1) is 9.90. The monoisotopic (exact) mass is 205 g/mol. The Bertz CT molecular complexity index is 427. The molecule has 2 rings (SSSR count). The molecule has 15 heavy (non-hydrogen) atoms. The summed E-state index contributed by atoms with van der Waals surface area (Å²) in [6.45, 7) is 3.63. The fourth-order valence-corrected chi connectivity index (χ4v) is 2.08. The minimum Gasteiger partial charge on any atom is -0.366 e. The van der Waals surface area contributed by atoms with Crippen LogP contribution in [0.2, 0.25) is 0 Å². The van der Waals surface area contributed by atoms with Gasteiger partial charge in [0.1, 0.15) is 6.17 Å². The lowest BCUT2D eigenvalue weighted by atomic mass is 9.93. The summed E-state index contributed by atoms with van der Waals surface area (Å²) in [6.07, 6.45) is -0.733. The summed E-state index contributed by atoms with van der Waals surface area (Å²) in [5, 5.41) is 0. The Balaban J connectivity index is 2.41. The second-order valence-electron chi connectivity index (χ2n) is 3.77. The molecule has 78 valence electrons. The lowest BCUT2D eigenvalue weighted by Crippen LogP contribution is -2.17. The number of nitrogens with two attached hydrogens (primary N) is 1. The maximum atomic E-state index is 13.6. The Morgan fingerprint density at radius 1 is 1.40 bits per heavy atom. The highest BCUT2D eigenvalue weighted by Gasteiger charge is 2.33. The van der Waals surface area contributed by atoms with Crippen LogP contribution in [-0.2, 0) is 4.79 Å². The molecule has 0 radical (unpaired) electrons. The van der Waals surface area contributed by atoms with Gasteiger partial charge in [-0.25, -0.2) is 4.39 Å². The Morgan fingerprint density at radius 2 is 2.00 bits per heavy atom. The van der Waals surface area contributed by atoms with E-state index >= 15 is 0 Å². The Labute approximate surface area is 87.6 Å². The normalized spacial score (nSPS) is 23.5. The maximum absolute atomic E-state index is 13.6. The van der Waals surface area contributed by atoms with Crippen molar-refractivity contribution in [3.05, 3.63) is 47.5 Å². The molecule has 0 bridgehead atoms. The van der Waals surface area contributed by atoms with Gasteiger partial charge < -0.3 is 5.73 Å². The van der Waals surface area contributed by atoms with Crippen molar-refractivity contribution in [3.8, 4) is 0 Å². The molecule has 2 atom stereocenters. The number of carbonyl (C=O) groups excluding carboxylic acids is 1. The summed E-state index contributed by atoms with van der Waals surface area (Å²) >= 11 is 0. The number of benzene rings is 1. The van der Waals surface area contributed by atoms with Crippen LogP contribution in [0.4, 0.5) is 4.39 Å². The maximum Gasteiger partial charge on any atom is 0.244 e. The molecule has 0 aromatic heterocycles. The van der Waals surface area contributed by atoms with E-state index in [4.69, 9.17) is 5.73 Å². The second-order valence-corrected chi connectivity index (χ2v) is 3.77. The van der Waals surface area contributed by atoms with Gasteiger partial charge in [-0.15, -0.1) is 0 Å². The molecule has 0 fully saturated rings. The molecule has 0 saturated heterocycles. The van der Waals surface area contributed by atoms with Gasteiger partial charge in [0.2, 0.25) is 5.91 Å². The van der Waals surface area contributed by atoms with E-state index in [0.29, 0.717) is 11.1 Å². The summed E-state index contributed by atoms with van der Waals surface area (Å²) in [5.74, 6) is -0.808. The summed E-state index contributed by atoms with van der Waals surface area (Å²) in [5.41, 5.74) is 6.95. The van der Waals surface area contributed by atoms with Crippen LogP contribution in [-0.4, -0.2) is 5.91 Å². The van der Waals surface area contributed by atoms with Crippen LogP contribution < -0.4 is 5.73 Å². The zero-order valence-corrected chi connectivity index (χ0v) is 8.24. The number of primary amides is 1. The number of halogens is 1. The standard InChI is InChI=1S/C12H12FNO/c1-7(12(14)15)10-6-11(13)9-5-3-2-4-8(9)10/h2-5,10-11H,1,6H2,(H2,14,15). The molecular weight excluding hydrogens is 193 g/mol. The summed E-state index contributed by atoms with van der Waals surface area (Å²) in [4.78, 5) is 11.0. The molecule has 2 unspecified atom stereocenters. The fraction of sp³-hybridized carbons (Fsp3) is 0.250. The Kier molecular flexibility index (Phi) is 2.31. The third-order valence-electron chi connectivity index (χ3n) is 2.89. The average Bonchev–Trinajstić information content (AvgIpc) is 2.56. The van der Waals surface area contributed by atoms with E-state index in [-0.39, 0.29) is 12.3 Å². The van der Waals surface area contributed by atoms with Crippen LogP contribution in [0.3, 0.4) is 0 Å². The van der Waals surface area contributed by atoms with Crippen LogP contribution in [0.25, 0.3) is 0 Å². The molecule has 0 saturated carbocycles. The van der Waals surface area contributed by atoms with Crippen LogP contribution in [0.5, 0.6) is 0 Å². The van der Waals surface area contributed by atoms with E-state index in [1.807, 2.05) is 12.1 Å². The van der Waals surface area contributed by atoms with Gasteiger partial charge in [-0.3, -0.25) is 4.79 Å². The first-order chi connectivity index (χ1) is 7.11. The van der Waals surface area contributed by atoms with E-state index in [9.17, 15) is 9.18 Å². The highest BCUT2D eigenvalue weighted by molar-refractivity contribution is 5.93. The summed E-state index contributed by atoms with van der Waals surface area (Å²) < 4.78 is 13.6. The van der Waals surface area contributed by atoms with Crippen molar-refractivity contribution in [2.24, 2.45) is 5.73 Å². The first-order valence-corrected chi connectivity index (χ1v) is 4.82. The first-order valence-electron chi connectivity index (χ1n) is 4.82. The molecule has 1 aliphatic rings. The summed E-state index contributed by atoms with van der Waals surface area (Å²) in [7, 11) is 0. The SMILES string of the molecule is C=C(C(N)=O)C1CC(F)c2ccccc21. The van der Waals surface area contributed by atoms with Gasteiger partial charge in [-0.1, -0.05) is 30.8 Å². The number of alkyl halides is 1. The Morgan fingerprint density at radius 3 is 2.60 bits per heavy atom. The molecule has 1 amide bonds. The molecule has 1 aromatic rings. The number of hydrogen-bond acceptors (Lipinski definition) is 1. The largest absolute Gasteiger partial charge is 0.366 e. The van der Waals surface area contributed by atoms with E-state index < -0.39 is 12.1 Å². The number of amides is 1.